The molecule has 6 nitrogen and oxygen atoms in total. The number of ether oxygens (including phenoxy) is 1. The second kappa shape index (κ2) is 7.56. The van der Waals surface area contributed by atoms with Crippen molar-refractivity contribution in [1.29, 1.82) is 0 Å². The van der Waals surface area contributed by atoms with Crippen LogP contribution in [0.3, 0.4) is 0 Å². The molecule has 1 amide bonds. The molecule has 0 aromatic carbocycles. The van der Waals surface area contributed by atoms with E-state index in [1.807, 2.05) is 15.8 Å². The minimum absolute atomic E-state index is 0.0898. The topological polar surface area (TPSA) is 50.6 Å². The van der Waals surface area contributed by atoms with Crippen LogP contribution in [0.5, 0.6) is 0 Å². The van der Waals surface area contributed by atoms with Crippen LogP contribution in [-0.2, 0) is 16.1 Å². The third kappa shape index (κ3) is 4.54. The quantitative estimate of drug-likeness (QED) is 0.817. The monoisotopic (exact) mass is 294 g/mol. The number of hydrogen-bond donors (Lipinski definition) is 0. The Morgan fingerprint density at radius 3 is 2.81 bits per heavy atom. The van der Waals surface area contributed by atoms with Crippen molar-refractivity contribution in [1.82, 2.24) is 19.6 Å². The molecule has 0 radical (unpaired) electrons. The highest BCUT2D eigenvalue weighted by molar-refractivity contribution is 5.77. The van der Waals surface area contributed by atoms with E-state index >= 15 is 0 Å². The first kappa shape index (κ1) is 16.0. The highest BCUT2D eigenvalue weighted by atomic mass is 16.5. The van der Waals surface area contributed by atoms with Crippen LogP contribution in [0.1, 0.15) is 31.9 Å². The Kier molecular flexibility index (Phi) is 5.76. The van der Waals surface area contributed by atoms with Crippen LogP contribution >= 0.6 is 0 Å². The van der Waals surface area contributed by atoms with Gasteiger partial charge in [-0.25, -0.2) is 0 Å². The van der Waals surface area contributed by atoms with E-state index in [2.05, 4.69) is 30.0 Å². The van der Waals surface area contributed by atoms with Crippen molar-refractivity contribution < 1.29 is 9.53 Å². The van der Waals surface area contributed by atoms with E-state index in [1.165, 1.54) is 5.56 Å². The minimum Gasteiger partial charge on any atom is -0.375 e. The average molecular weight is 294 g/mol. The molecule has 1 aromatic rings. The lowest BCUT2D eigenvalue weighted by molar-refractivity contribution is -0.135. The highest BCUT2D eigenvalue weighted by Gasteiger charge is 2.19. The summed E-state index contributed by atoms with van der Waals surface area (Å²) < 4.78 is 6.92. The van der Waals surface area contributed by atoms with Gasteiger partial charge in [0.05, 0.1) is 6.20 Å². The molecule has 0 unspecified atom stereocenters. The molecule has 1 saturated heterocycles. The number of nitrogens with zero attached hydrogens (tertiary/aromatic N) is 4. The van der Waals surface area contributed by atoms with Gasteiger partial charge in [-0.05, 0) is 20.3 Å². The summed E-state index contributed by atoms with van der Waals surface area (Å²) in [6, 6.07) is 0.394. The summed E-state index contributed by atoms with van der Waals surface area (Å²) in [6.45, 7) is 8.86. The fourth-order valence-corrected chi connectivity index (χ4v) is 2.59. The molecule has 6 heteroatoms. The molecule has 118 valence electrons. The maximum atomic E-state index is 11.9. The van der Waals surface area contributed by atoms with E-state index in [0.29, 0.717) is 6.04 Å². The average Bonchev–Trinajstić information content (AvgIpc) is 2.78. The van der Waals surface area contributed by atoms with Gasteiger partial charge in [-0.1, -0.05) is 0 Å². The van der Waals surface area contributed by atoms with Gasteiger partial charge in [0.25, 0.3) is 0 Å². The van der Waals surface area contributed by atoms with Gasteiger partial charge < -0.3 is 9.64 Å². The molecular weight excluding hydrogens is 268 g/mol. The van der Waals surface area contributed by atoms with E-state index in [4.69, 9.17) is 4.74 Å². The lowest BCUT2D eigenvalue weighted by atomic mass is 10.3. The Bertz CT molecular complexity index is 458. The van der Waals surface area contributed by atoms with Gasteiger partial charge in [0, 0.05) is 57.6 Å². The Hall–Kier alpha value is -1.40. The maximum Gasteiger partial charge on any atom is 0.248 e. The van der Waals surface area contributed by atoms with Crippen molar-refractivity contribution in [2.75, 3.05) is 39.9 Å². The predicted molar refractivity (Wildman–Crippen MR) is 81.0 cm³/mol. The third-order valence-corrected chi connectivity index (χ3v) is 3.80. The Balaban J connectivity index is 1.86. The van der Waals surface area contributed by atoms with Gasteiger partial charge >= 0.3 is 0 Å². The molecule has 1 aliphatic rings. The molecule has 0 N–H and O–H groups in total. The molecule has 1 fully saturated rings. The second-order valence-corrected chi connectivity index (χ2v) is 5.87. The molecule has 21 heavy (non-hydrogen) atoms. The van der Waals surface area contributed by atoms with Crippen molar-refractivity contribution in [2.45, 2.75) is 32.9 Å². The summed E-state index contributed by atoms with van der Waals surface area (Å²) >= 11 is 0. The van der Waals surface area contributed by atoms with Crippen LogP contribution in [0.25, 0.3) is 0 Å². The summed E-state index contributed by atoms with van der Waals surface area (Å²) in [6.07, 6.45) is 5.07. The van der Waals surface area contributed by atoms with E-state index in [1.54, 1.807) is 7.11 Å². The number of hydrogen-bond acceptors (Lipinski definition) is 4. The van der Waals surface area contributed by atoms with Gasteiger partial charge in [-0.2, -0.15) is 5.10 Å². The Morgan fingerprint density at radius 1 is 1.33 bits per heavy atom. The predicted octanol–water partition coefficient (Wildman–Crippen LogP) is 1.14. The van der Waals surface area contributed by atoms with E-state index < -0.39 is 0 Å². The van der Waals surface area contributed by atoms with Crippen LogP contribution in [0.15, 0.2) is 12.4 Å². The Morgan fingerprint density at radius 2 is 2.14 bits per heavy atom. The molecule has 0 saturated carbocycles. The van der Waals surface area contributed by atoms with Crippen molar-refractivity contribution in [3.63, 3.8) is 0 Å². The summed E-state index contributed by atoms with van der Waals surface area (Å²) in [5.41, 5.74) is 1.24. The van der Waals surface area contributed by atoms with Gasteiger partial charge in [0.1, 0.15) is 6.61 Å². The minimum atomic E-state index is 0.0898. The normalized spacial score (nSPS) is 17.2. The number of amides is 1. The van der Waals surface area contributed by atoms with Crippen LogP contribution in [0.4, 0.5) is 0 Å². The number of aromatic nitrogens is 2. The van der Waals surface area contributed by atoms with E-state index in [9.17, 15) is 4.79 Å². The first-order valence-corrected chi connectivity index (χ1v) is 7.62. The van der Waals surface area contributed by atoms with Gasteiger partial charge in [-0.3, -0.25) is 14.4 Å². The molecule has 0 aliphatic carbocycles. The van der Waals surface area contributed by atoms with Crippen molar-refractivity contribution in [2.24, 2.45) is 0 Å². The van der Waals surface area contributed by atoms with Crippen LogP contribution in [0, 0.1) is 0 Å². The standard InChI is InChI=1S/C15H26N4O2/c1-13(2)19-11-14(9-16-19)10-17-5-4-6-18(8-7-17)15(20)12-21-3/h9,11,13H,4-8,10,12H2,1-3H3. The van der Waals surface area contributed by atoms with Gasteiger partial charge in [0.15, 0.2) is 0 Å². The molecule has 0 spiro atoms. The summed E-state index contributed by atoms with van der Waals surface area (Å²) in [7, 11) is 1.56. The van der Waals surface area contributed by atoms with Crippen LogP contribution < -0.4 is 0 Å². The third-order valence-electron chi connectivity index (χ3n) is 3.80. The number of carbonyl (C=O) groups is 1. The Labute approximate surface area is 126 Å². The van der Waals surface area contributed by atoms with Crippen molar-refractivity contribution in [3.8, 4) is 0 Å². The second-order valence-electron chi connectivity index (χ2n) is 5.87. The van der Waals surface area contributed by atoms with Crippen LogP contribution in [-0.4, -0.2) is 65.4 Å². The first-order valence-electron chi connectivity index (χ1n) is 7.62. The highest BCUT2D eigenvalue weighted by Crippen LogP contribution is 2.11. The molecular formula is C15H26N4O2. The SMILES string of the molecule is COCC(=O)N1CCCN(Cc2cnn(C(C)C)c2)CC1. The number of methoxy groups -OCH3 is 1. The molecule has 1 aliphatic heterocycles. The number of rotatable bonds is 5. The first-order chi connectivity index (χ1) is 10.1. The molecule has 1 aromatic heterocycles. The molecule has 0 atom stereocenters. The molecule has 0 bridgehead atoms. The summed E-state index contributed by atoms with van der Waals surface area (Å²) in [5.74, 6) is 0.0898. The molecule has 2 heterocycles. The largest absolute Gasteiger partial charge is 0.375 e. The smallest absolute Gasteiger partial charge is 0.248 e. The molecule has 2 rings (SSSR count). The van der Waals surface area contributed by atoms with Crippen molar-refractivity contribution in [3.05, 3.63) is 18.0 Å². The zero-order valence-corrected chi connectivity index (χ0v) is 13.3. The maximum absolute atomic E-state index is 11.9. The lowest BCUT2D eigenvalue weighted by Crippen LogP contribution is -2.37. The zero-order chi connectivity index (χ0) is 15.2. The number of carbonyl (C=O) groups excluding carboxylic acids is 1. The van der Waals surface area contributed by atoms with Gasteiger partial charge in [-0.15, -0.1) is 0 Å². The van der Waals surface area contributed by atoms with Crippen LogP contribution in [0.2, 0.25) is 0 Å². The van der Waals surface area contributed by atoms with E-state index in [0.717, 1.165) is 39.1 Å². The van der Waals surface area contributed by atoms with Crippen molar-refractivity contribution >= 4 is 5.91 Å². The van der Waals surface area contributed by atoms with E-state index in [-0.39, 0.29) is 12.5 Å². The lowest BCUT2D eigenvalue weighted by Gasteiger charge is -2.21. The summed E-state index contributed by atoms with van der Waals surface area (Å²) in [4.78, 5) is 16.2. The fraction of sp³-hybridized carbons (Fsp3) is 0.733. The zero-order valence-electron chi connectivity index (χ0n) is 13.3. The fourth-order valence-electron chi connectivity index (χ4n) is 2.59. The van der Waals surface area contributed by atoms with Gasteiger partial charge in [0.2, 0.25) is 5.91 Å². The summed E-state index contributed by atoms with van der Waals surface area (Å²) in [5, 5.41) is 4.38.